The van der Waals surface area contributed by atoms with Crippen LogP contribution in [0.2, 0.25) is 0 Å². The third-order valence-corrected chi connectivity index (χ3v) is 3.61. The molecule has 4 aromatic rings. The Morgan fingerprint density at radius 1 is 0.435 bits per heavy atom. The lowest BCUT2D eigenvalue weighted by Crippen LogP contribution is -1.72. The van der Waals surface area contributed by atoms with Crippen LogP contribution in [-0.2, 0) is 0 Å². The predicted molar refractivity (Wildman–Crippen MR) is 92.9 cm³/mol. The van der Waals surface area contributed by atoms with Crippen LogP contribution < -0.4 is 0 Å². The Labute approximate surface area is 133 Å². The number of aromatic hydroxyl groups is 3. The summed E-state index contributed by atoms with van der Waals surface area (Å²) < 4.78 is 0. The summed E-state index contributed by atoms with van der Waals surface area (Å²) in [6.45, 7) is 0. The van der Waals surface area contributed by atoms with E-state index in [2.05, 4.69) is 0 Å². The maximum atomic E-state index is 9.37. The molecule has 0 aliphatic carbocycles. The Kier molecular flexibility index (Phi) is 4.02. The molecule has 0 saturated heterocycles. The molecule has 0 aliphatic heterocycles. The van der Waals surface area contributed by atoms with E-state index >= 15 is 0 Å². The van der Waals surface area contributed by atoms with Crippen molar-refractivity contribution in [2.24, 2.45) is 0 Å². The monoisotopic (exact) mass is 304 g/mol. The smallest absolute Gasteiger partial charge is 0.158 e. The summed E-state index contributed by atoms with van der Waals surface area (Å²) in [6.07, 6.45) is 0. The van der Waals surface area contributed by atoms with E-state index in [-0.39, 0.29) is 11.5 Å². The Hall–Kier alpha value is -3.20. The van der Waals surface area contributed by atoms with Crippen molar-refractivity contribution >= 4 is 21.5 Å². The highest BCUT2D eigenvalue weighted by Crippen LogP contribution is 2.29. The van der Waals surface area contributed by atoms with E-state index in [1.54, 1.807) is 18.2 Å². The van der Waals surface area contributed by atoms with Crippen LogP contribution in [0.15, 0.2) is 78.9 Å². The van der Waals surface area contributed by atoms with Crippen LogP contribution in [0.25, 0.3) is 21.5 Å². The van der Waals surface area contributed by atoms with Crippen molar-refractivity contribution in [1.82, 2.24) is 0 Å². The molecule has 0 aromatic heterocycles. The second-order valence-corrected chi connectivity index (χ2v) is 5.19. The van der Waals surface area contributed by atoms with Gasteiger partial charge in [0.25, 0.3) is 0 Å². The molecular weight excluding hydrogens is 288 g/mol. The van der Waals surface area contributed by atoms with E-state index < -0.39 is 0 Å². The van der Waals surface area contributed by atoms with Crippen molar-refractivity contribution < 1.29 is 15.3 Å². The average Bonchev–Trinajstić information content (AvgIpc) is 2.57. The zero-order valence-electron chi connectivity index (χ0n) is 12.3. The fourth-order valence-electron chi connectivity index (χ4n) is 2.42. The van der Waals surface area contributed by atoms with Crippen molar-refractivity contribution in [2.45, 2.75) is 0 Å². The zero-order valence-corrected chi connectivity index (χ0v) is 12.3. The lowest BCUT2D eigenvalue weighted by atomic mass is 10.1. The fraction of sp³-hybridized carbons (Fsp3) is 0. The first kappa shape index (κ1) is 14.7. The van der Waals surface area contributed by atoms with Gasteiger partial charge in [0, 0.05) is 5.39 Å². The van der Waals surface area contributed by atoms with Crippen LogP contribution in [0.1, 0.15) is 0 Å². The molecule has 0 amide bonds. The van der Waals surface area contributed by atoms with Crippen molar-refractivity contribution in [2.75, 3.05) is 0 Å². The van der Waals surface area contributed by atoms with Gasteiger partial charge in [-0.25, -0.2) is 0 Å². The SMILES string of the molecule is Oc1cc2ccccc2cc1O.Oc1cccc2ccccc12. The van der Waals surface area contributed by atoms with Crippen LogP contribution in [0.3, 0.4) is 0 Å². The van der Waals surface area contributed by atoms with Crippen LogP contribution in [-0.4, -0.2) is 15.3 Å². The van der Waals surface area contributed by atoms with E-state index in [1.807, 2.05) is 60.7 Å². The number of phenolic OH excluding ortho intramolecular Hbond substituents is 3. The summed E-state index contributed by atoms with van der Waals surface area (Å²) in [6, 6.07) is 23.9. The van der Waals surface area contributed by atoms with Gasteiger partial charge in [-0.05, 0) is 34.4 Å². The lowest BCUT2D eigenvalue weighted by molar-refractivity contribution is 0.405. The molecule has 0 heterocycles. The highest BCUT2D eigenvalue weighted by Gasteiger charge is 1.99. The molecule has 4 aromatic carbocycles. The molecule has 0 fully saturated rings. The molecule has 0 atom stereocenters. The van der Waals surface area contributed by atoms with Crippen LogP contribution in [0.4, 0.5) is 0 Å². The summed E-state index contributed by atoms with van der Waals surface area (Å²) in [7, 11) is 0. The quantitative estimate of drug-likeness (QED) is 0.409. The number of rotatable bonds is 0. The Balaban J connectivity index is 0.000000136. The highest BCUT2D eigenvalue weighted by atomic mass is 16.3. The van der Waals surface area contributed by atoms with E-state index in [0.717, 1.165) is 21.5 Å². The van der Waals surface area contributed by atoms with Gasteiger partial charge < -0.3 is 15.3 Å². The van der Waals surface area contributed by atoms with Crippen molar-refractivity contribution in [1.29, 1.82) is 0 Å². The molecular formula is C20H16O3. The van der Waals surface area contributed by atoms with Gasteiger partial charge in [0.1, 0.15) is 5.75 Å². The highest BCUT2D eigenvalue weighted by molar-refractivity contribution is 5.87. The van der Waals surface area contributed by atoms with Crippen LogP contribution >= 0.6 is 0 Å². The van der Waals surface area contributed by atoms with E-state index in [4.69, 9.17) is 10.2 Å². The van der Waals surface area contributed by atoms with Crippen molar-refractivity contribution in [3.63, 3.8) is 0 Å². The average molecular weight is 304 g/mol. The molecule has 0 spiro atoms. The molecule has 23 heavy (non-hydrogen) atoms. The van der Waals surface area contributed by atoms with Gasteiger partial charge in [-0.2, -0.15) is 0 Å². The zero-order chi connectivity index (χ0) is 16.2. The summed E-state index contributed by atoms with van der Waals surface area (Å²) in [5.74, 6) is 0.200. The molecule has 114 valence electrons. The molecule has 3 nitrogen and oxygen atoms in total. The van der Waals surface area contributed by atoms with Crippen LogP contribution in [0, 0.1) is 0 Å². The first-order valence-electron chi connectivity index (χ1n) is 7.22. The second-order valence-electron chi connectivity index (χ2n) is 5.19. The maximum Gasteiger partial charge on any atom is 0.158 e. The van der Waals surface area contributed by atoms with Gasteiger partial charge in [0.15, 0.2) is 11.5 Å². The predicted octanol–water partition coefficient (Wildman–Crippen LogP) is 4.80. The van der Waals surface area contributed by atoms with Gasteiger partial charge in [-0.15, -0.1) is 0 Å². The summed E-state index contributed by atoms with van der Waals surface area (Å²) in [5, 5.41) is 31.5. The molecule has 0 radical (unpaired) electrons. The van der Waals surface area contributed by atoms with Crippen LogP contribution in [0.5, 0.6) is 17.2 Å². The first-order valence-corrected chi connectivity index (χ1v) is 7.22. The number of phenols is 3. The van der Waals surface area contributed by atoms with Gasteiger partial charge in [-0.3, -0.25) is 0 Å². The minimum absolute atomic E-state index is 0.0753. The van der Waals surface area contributed by atoms with Gasteiger partial charge >= 0.3 is 0 Å². The summed E-state index contributed by atoms with van der Waals surface area (Å²) in [4.78, 5) is 0. The molecule has 4 rings (SSSR count). The third kappa shape index (κ3) is 3.19. The number of hydrogen-bond acceptors (Lipinski definition) is 3. The molecule has 0 bridgehead atoms. The molecule has 3 heteroatoms. The normalized spacial score (nSPS) is 10.3. The summed E-state index contributed by atoms with van der Waals surface area (Å²) >= 11 is 0. The van der Waals surface area contributed by atoms with E-state index in [1.165, 1.54) is 0 Å². The standard InChI is InChI=1S/C10H8O2.C10H8O/c11-9-5-7-3-1-2-4-8(7)6-10(9)12;11-10-7-3-5-8-4-1-2-6-9(8)10/h1-6,11-12H;1-7,11H. The van der Waals surface area contributed by atoms with Gasteiger partial charge in [0.2, 0.25) is 0 Å². The fourth-order valence-corrected chi connectivity index (χ4v) is 2.42. The topological polar surface area (TPSA) is 60.7 Å². The van der Waals surface area contributed by atoms with Crippen molar-refractivity contribution in [3.8, 4) is 17.2 Å². The molecule has 0 unspecified atom stereocenters. The van der Waals surface area contributed by atoms with E-state index in [9.17, 15) is 5.11 Å². The minimum atomic E-state index is -0.0753. The first-order chi connectivity index (χ1) is 11.1. The summed E-state index contributed by atoms with van der Waals surface area (Å²) in [5.41, 5.74) is 0. The molecule has 3 N–H and O–H groups in total. The molecule has 0 saturated carbocycles. The number of fused-ring (bicyclic) bond motifs is 2. The third-order valence-electron chi connectivity index (χ3n) is 3.61. The number of benzene rings is 4. The van der Waals surface area contributed by atoms with Gasteiger partial charge in [-0.1, -0.05) is 60.7 Å². The van der Waals surface area contributed by atoms with E-state index in [0.29, 0.717) is 5.75 Å². The second kappa shape index (κ2) is 6.28. The number of hydrogen-bond donors (Lipinski definition) is 3. The van der Waals surface area contributed by atoms with Crippen molar-refractivity contribution in [3.05, 3.63) is 78.9 Å². The maximum absolute atomic E-state index is 9.37. The van der Waals surface area contributed by atoms with Gasteiger partial charge in [0.05, 0.1) is 0 Å². The Morgan fingerprint density at radius 2 is 0.913 bits per heavy atom. The lowest BCUT2D eigenvalue weighted by Gasteiger charge is -2.00. The Bertz CT molecular complexity index is 915. The Morgan fingerprint density at radius 3 is 1.48 bits per heavy atom. The minimum Gasteiger partial charge on any atom is -0.507 e. The largest absolute Gasteiger partial charge is 0.507 e. The molecule has 0 aliphatic rings.